The molecule has 3 aromatic rings. The van der Waals surface area contributed by atoms with Crippen LogP contribution in [0.5, 0.6) is 5.75 Å². The van der Waals surface area contributed by atoms with Crippen LogP contribution in [0.3, 0.4) is 0 Å². The zero-order chi connectivity index (χ0) is 17.9. The number of nitrogens with zero attached hydrogens (tertiary/aromatic N) is 2. The third-order valence-corrected chi connectivity index (χ3v) is 4.50. The summed E-state index contributed by atoms with van der Waals surface area (Å²) in [5.74, 6) is 0.651. The van der Waals surface area contributed by atoms with Crippen LogP contribution in [0.4, 0.5) is 5.69 Å². The van der Waals surface area contributed by atoms with Gasteiger partial charge >= 0.3 is 0 Å². The maximum absolute atomic E-state index is 12.5. The average molecular weight is 345 g/mol. The Morgan fingerprint density at radius 1 is 1.04 bits per heavy atom. The van der Waals surface area contributed by atoms with Gasteiger partial charge in [-0.15, -0.1) is 0 Å². The van der Waals surface area contributed by atoms with Gasteiger partial charge in [-0.25, -0.2) is 0 Å². The molecule has 0 bridgehead atoms. The first-order valence-electron chi connectivity index (χ1n) is 8.48. The van der Waals surface area contributed by atoms with Crippen molar-refractivity contribution >= 4 is 11.6 Å². The van der Waals surface area contributed by atoms with Crippen LogP contribution < -0.4 is 15.0 Å². The molecule has 0 saturated heterocycles. The van der Waals surface area contributed by atoms with Gasteiger partial charge in [-0.1, -0.05) is 36.4 Å². The number of pyridine rings is 1. The second kappa shape index (κ2) is 6.88. The van der Waals surface area contributed by atoms with E-state index in [1.54, 1.807) is 6.20 Å². The lowest BCUT2D eigenvalue weighted by molar-refractivity contribution is 0.0927. The van der Waals surface area contributed by atoms with Crippen molar-refractivity contribution in [2.24, 2.45) is 0 Å². The molecule has 1 N–H and O–H groups in total. The first-order chi connectivity index (χ1) is 12.7. The van der Waals surface area contributed by atoms with E-state index in [9.17, 15) is 4.79 Å². The molecule has 0 fully saturated rings. The molecule has 26 heavy (non-hydrogen) atoms. The minimum atomic E-state index is -0.294. The van der Waals surface area contributed by atoms with Crippen LogP contribution >= 0.6 is 0 Å². The average Bonchev–Trinajstić information content (AvgIpc) is 2.70. The molecular weight excluding hydrogens is 326 g/mol. The van der Waals surface area contributed by atoms with Crippen LogP contribution in [-0.2, 0) is 6.61 Å². The Balaban J connectivity index is 1.63. The van der Waals surface area contributed by atoms with E-state index in [4.69, 9.17) is 4.74 Å². The Hall–Kier alpha value is -3.34. The molecule has 130 valence electrons. The van der Waals surface area contributed by atoms with Crippen molar-refractivity contribution in [3.8, 4) is 5.75 Å². The largest absolute Gasteiger partial charge is 0.487 e. The second-order valence-electron chi connectivity index (χ2n) is 6.15. The highest BCUT2D eigenvalue weighted by Crippen LogP contribution is 2.35. The van der Waals surface area contributed by atoms with Crippen molar-refractivity contribution in [3.05, 3.63) is 89.7 Å². The number of hydrogen-bond donors (Lipinski definition) is 1. The molecule has 1 unspecified atom stereocenters. The van der Waals surface area contributed by atoms with Gasteiger partial charge in [0.15, 0.2) is 0 Å². The van der Waals surface area contributed by atoms with Gasteiger partial charge in [0, 0.05) is 18.8 Å². The number of hydrogen-bond acceptors (Lipinski definition) is 4. The number of aromatic nitrogens is 1. The summed E-state index contributed by atoms with van der Waals surface area (Å²) in [7, 11) is 1.97. The number of benzene rings is 2. The van der Waals surface area contributed by atoms with Crippen LogP contribution in [0.2, 0.25) is 0 Å². The summed E-state index contributed by atoms with van der Waals surface area (Å²) in [4.78, 5) is 18.9. The number of amides is 1. The summed E-state index contributed by atoms with van der Waals surface area (Å²) in [5, 5.41) is 3.07. The number of ether oxygens (including phenoxy) is 1. The van der Waals surface area contributed by atoms with E-state index in [0.29, 0.717) is 12.2 Å². The number of carbonyl (C=O) groups excluding carboxylic acids is 1. The van der Waals surface area contributed by atoms with Gasteiger partial charge in [0.2, 0.25) is 0 Å². The van der Waals surface area contributed by atoms with Crippen LogP contribution in [0, 0.1) is 0 Å². The summed E-state index contributed by atoms with van der Waals surface area (Å²) in [5.41, 5.74) is 3.35. The Labute approximate surface area is 152 Å². The van der Waals surface area contributed by atoms with Gasteiger partial charge in [-0.3, -0.25) is 9.78 Å². The molecule has 1 aliphatic heterocycles. The smallest absolute Gasteiger partial charge is 0.255 e. The quantitative estimate of drug-likeness (QED) is 0.786. The molecule has 0 saturated carbocycles. The predicted octanol–water partition coefficient (Wildman–Crippen LogP) is 3.54. The molecule has 2 heterocycles. The normalized spacial score (nSPS) is 16.0. The van der Waals surface area contributed by atoms with E-state index in [0.717, 1.165) is 22.7 Å². The first-order valence-corrected chi connectivity index (χ1v) is 8.48. The monoisotopic (exact) mass is 345 g/mol. The van der Waals surface area contributed by atoms with E-state index in [-0.39, 0.29) is 12.1 Å². The van der Waals surface area contributed by atoms with Gasteiger partial charge in [0.25, 0.3) is 5.91 Å². The molecule has 2 aromatic carbocycles. The highest BCUT2D eigenvalue weighted by atomic mass is 16.5. The van der Waals surface area contributed by atoms with Gasteiger partial charge in [-0.2, -0.15) is 0 Å². The first kappa shape index (κ1) is 16.1. The molecule has 0 spiro atoms. The van der Waals surface area contributed by atoms with Crippen molar-refractivity contribution in [2.75, 3.05) is 11.9 Å². The molecule has 0 aliphatic carbocycles. The van der Waals surface area contributed by atoms with Crippen LogP contribution in [0.25, 0.3) is 0 Å². The summed E-state index contributed by atoms with van der Waals surface area (Å²) < 4.78 is 6.01. The standard InChI is InChI=1S/C21H19N3O2/c1-24-18-11-4-2-9-16(18)21(25)23-20(24)17-10-3-5-12-19(17)26-14-15-8-6-7-13-22-15/h2-13,20H,14H2,1H3,(H,23,25). The Kier molecular flexibility index (Phi) is 4.27. The molecular formula is C21H19N3O2. The Morgan fingerprint density at radius 3 is 2.65 bits per heavy atom. The summed E-state index contributed by atoms with van der Waals surface area (Å²) in [6.45, 7) is 0.374. The topological polar surface area (TPSA) is 54.5 Å². The number of fused-ring (bicyclic) bond motifs is 1. The maximum atomic E-state index is 12.5. The van der Waals surface area contributed by atoms with Crippen LogP contribution in [0.15, 0.2) is 72.9 Å². The zero-order valence-electron chi connectivity index (χ0n) is 14.4. The van der Waals surface area contributed by atoms with E-state index in [2.05, 4.69) is 15.2 Å². The minimum absolute atomic E-state index is 0.0803. The molecule has 0 radical (unpaired) electrons. The molecule has 1 aromatic heterocycles. The maximum Gasteiger partial charge on any atom is 0.255 e. The Bertz CT molecular complexity index is 927. The van der Waals surface area contributed by atoms with Gasteiger partial charge in [0.1, 0.15) is 18.5 Å². The van der Waals surface area contributed by atoms with E-state index in [1.807, 2.05) is 73.8 Å². The third-order valence-electron chi connectivity index (χ3n) is 4.50. The fraction of sp³-hybridized carbons (Fsp3) is 0.143. The second-order valence-corrected chi connectivity index (χ2v) is 6.15. The molecule has 1 aliphatic rings. The Morgan fingerprint density at radius 2 is 1.81 bits per heavy atom. The highest BCUT2D eigenvalue weighted by molar-refractivity contribution is 6.02. The fourth-order valence-electron chi connectivity index (χ4n) is 3.17. The summed E-state index contributed by atoms with van der Waals surface area (Å²) in [6.07, 6.45) is 1.45. The fourth-order valence-corrected chi connectivity index (χ4v) is 3.17. The molecule has 1 atom stereocenters. The van der Waals surface area contributed by atoms with Gasteiger partial charge in [-0.05, 0) is 30.3 Å². The summed E-state index contributed by atoms with van der Waals surface area (Å²) in [6, 6.07) is 21.1. The van der Waals surface area contributed by atoms with E-state index >= 15 is 0 Å². The van der Waals surface area contributed by atoms with E-state index < -0.39 is 0 Å². The number of rotatable bonds is 4. The molecule has 5 nitrogen and oxygen atoms in total. The van der Waals surface area contributed by atoms with Crippen molar-refractivity contribution < 1.29 is 9.53 Å². The molecule has 1 amide bonds. The number of carbonyl (C=O) groups is 1. The van der Waals surface area contributed by atoms with E-state index in [1.165, 1.54) is 0 Å². The van der Waals surface area contributed by atoms with Crippen molar-refractivity contribution in [2.45, 2.75) is 12.8 Å². The number of para-hydroxylation sites is 2. The zero-order valence-corrected chi connectivity index (χ0v) is 14.4. The van der Waals surface area contributed by atoms with Crippen LogP contribution in [0.1, 0.15) is 27.8 Å². The van der Waals surface area contributed by atoms with Crippen molar-refractivity contribution in [3.63, 3.8) is 0 Å². The van der Waals surface area contributed by atoms with Crippen molar-refractivity contribution in [1.29, 1.82) is 0 Å². The summed E-state index contributed by atoms with van der Waals surface area (Å²) >= 11 is 0. The van der Waals surface area contributed by atoms with Gasteiger partial charge < -0.3 is 15.0 Å². The number of nitrogens with one attached hydrogen (secondary N) is 1. The number of anilines is 1. The van der Waals surface area contributed by atoms with Crippen molar-refractivity contribution in [1.82, 2.24) is 10.3 Å². The SMILES string of the molecule is CN1c2ccccc2C(=O)NC1c1ccccc1OCc1ccccn1. The lowest BCUT2D eigenvalue weighted by Gasteiger charge is -2.37. The minimum Gasteiger partial charge on any atom is -0.487 e. The lowest BCUT2D eigenvalue weighted by atomic mass is 10.0. The van der Waals surface area contributed by atoms with Gasteiger partial charge in [0.05, 0.1) is 16.9 Å². The predicted molar refractivity (Wildman–Crippen MR) is 100 cm³/mol. The highest BCUT2D eigenvalue weighted by Gasteiger charge is 2.30. The van der Waals surface area contributed by atoms with Crippen LogP contribution in [-0.4, -0.2) is 17.9 Å². The molecule has 5 heteroatoms. The third kappa shape index (κ3) is 2.99. The molecule has 4 rings (SSSR count). The lowest BCUT2D eigenvalue weighted by Crippen LogP contribution is -2.44.